The van der Waals surface area contributed by atoms with Crippen LogP contribution in [0.2, 0.25) is 0 Å². The molecule has 0 aliphatic rings. The molecule has 0 heterocycles. The predicted octanol–water partition coefficient (Wildman–Crippen LogP) is 2.84. The molecule has 0 aromatic heterocycles. The lowest BCUT2D eigenvalue weighted by Crippen LogP contribution is -2.04. The summed E-state index contributed by atoms with van der Waals surface area (Å²) in [6.07, 6.45) is -4.27. The van der Waals surface area contributed by atoms with Crippen molar-refractivity contribution in [2.75, 3.05) is 0 Å². The summed E-state index contributed by atoms with van der Waals surface area (Å²) in [4.78, 5) is 0. The molecule has 0 bridgehead atoms. The molecule has 0 atom stereocenters. The summed E-state index contributed by atoms with van der Waals surface area (Å²) in [5.41, 5.74) is -0.0808. The van der Waals surface area contributed by atoms with Crippen molar-refractivity contribution < 1.29 is 13.2 Å². The standard InChI is InChI=1S/C9H6F3/c1-2-7-3-5-8(6-4-7)9(10,11)12/h3-6H,2H2. The Labute approximate surface area is 69.0 Å². The van der Waals surface area contributed by atoms with Gasteiger partial charge in [0.05, 0.1) is 5.56 Å². The van der Waals surface area contributed by atoms with Crippen molar-refractivity contribution in [3.63, 3.8) is 0 Å². The number of alkyl halides is 3. The van der Waals surface area contributed by atoms with E-state index in [4.69, 9.17) is 6.92 Å². The van der Waals surface area contributed by atoms with Gasteiger partial charge >= 0.3 is 6.18 Å². The van der Waals surface area contributed by atoms with E-state index in [0.717, 1.165) is 12.1 Å². The zero-order valence-corrected chi connectivity index (χ0v) is 6.15. The van der Waals surface area contributed by atoms with Gasteiger partial charge in [0.2, 0.25) is 0 Å². The smallest absolute Gasteiger partial charge is 0.166 e. The highest BCUT2D eigenvalue weighted by molar-refractivity contribution is 5.24. The lowest BCUT2D eigenvalue weighted by Gasteiger charge is -2.06. The predicted molar refractivity (Wildman–Crippen MR) is 38.4 cm³/mol. The molecule has 1 aromatic rings. The molecule has 0 unspecified atom stereocenters. The highest BCUT2D eigenvalue weighted by Crippen LogP contribution is 2.28. The maximum absolute atomic E-state index is 12.0. The fraction of sp³-hybridized carbons (Fsp3) is 0.222. The molecule has 12 heavy (non-hydrogen) atoms. The van der Waals surface area contributed by atoms with Crippen LogP contribution >= 0.6 is 0 Å². The number of hydrogen-bond donors (Lipinski definition) is 0. The molecule has 0 spiro atoms. The van der Waals surface area contributed by atoms with E-state index >= 15 is 0 Å². The Morgan fingerprint density at radius 3 is 1.92 bits per heavy atom. The Bertz CT molecular complexity index is 245. The number of benzene rings is 1. The first-order valence-corrected chi connectivity index (χ1v) is 3.35. The summed E-state index contributed by atoms with van der Waals surface area (Å²) in [5.74, 6) is 0. The van der Waals surface area contributed by atoms with Crippen LogP contribution in [0, 0.1) is 6.92 Å². The van der Waals surface area contributed by atoms with E-state index < -0.39 is 11.7 Å². The molecular weight excluding hydrogens is 165 g/mol. The highest BCUT2D eigenvalue weighted by Gasteiger charge is 2.29. The molecule has 0 nitrogen and oxygen atoms in total. The van der Waals surface area contributed by atoms with Gasteiger partial charge in [0.25, 0.3) is 0 Å². The van der Waals surface area contributed by atoms with Gasteiger partial charge in [0, 0.05) is 0 Å². The van der Waals surface area contributed by atoms with Gasteiger partial charge in [-0.3, -0.25) is 0 Å². The van der Waals surface area contributed by atoms with Gasteiger partial charge in [-0.05, 0) is 31.0 Å². The summed E-state index contributed by atoms with van der Waals surface area (Å²) in [6, 6.07) is 4.61. The highest BCUT2D eigenvalue weighted by atomic mass is 19.4. The number of hydrogen-bond acceptors (Lipinski definition) is 0. The van der Waals surface area contributed by atoms with Crippen LogP contribution in [0.4, 0.5) is 13.2 Å². The van der Waals surface area contributed by atoms with Crippen molar-refractivity contribution in [3.05, 3.63) is 42.3 Å². The van der Waals surface area contributed by atoms with Gasteiger partial charge in [-0.2, -0.15) is 13.2 Å². The minimum Gasteiger partial charge on any atom is -0.166 e. The average molecular weight is 171 g/mol. The molecule has 0 aliphatic carbocycles. The molecule has 0 N–H and O–H groups in total. The normalized spacial score (nSPS) is 11.7. The minimum atomic E-state index is -4.28. The summed E-state index contributed by atoms with van der Waals surface area (Å²) >= 11 is 0. The Hall–Kier alpha value is -0.990. The van der Waals surface area contributed by atoms with Crippen LogP contribution in [0.15, 0.2) is 24.3 Å². The molecule has 0 aliphatic heterocycles. The Kier molecular flexibility index (Phi) is 2.40. The largest absolute Gasteiger partial charge is 0.416 e. The molecule has 63 valence electrons. The summed E-state index contributed by atoms with van der Waals surface area (Å²) < 4.78 is 35.9. The molecule has 3 heteroatoms. The van der Waals surface area contributed by atoms with E-state index in [2.05, 4.69) is 0 Å². The second-order valence-corrected chi connectivity index (χ2v) is 2.37. The van der Waals surface area contributed by atoms with Gasteiger partial charge in [-0.1, -0.05) is 12.1 Å². The Balaban J connectivity index is 2.93. The monoisotopic (exact) mass is 171 g/mol. The topological polar surface area (TPSA) is 0 Å². The van der Waals surface area contributed by atoms with E-state index in [1.165, 1.54) is 12.1 Å². The molecule has 1 aromatic carbocycles. The van der Waals surface area contributed by atoms with Crippen molar-refractivity contribution in [2.24, 2.45) is 0 Å². The minimum absolute atomic E-state index is 0.0120. The van der Waals surface area contributed by atoms with E-state index in [9.17, 15) is 13.2 Å². The molecule has 0 fully saturated rings. The molecular formula is C9H6F3. The first kappa shape index (κ1) is 9.10. The van der Waals surface area contributed by atoms with Gasteiger partial charge < -0.3 is 0 Å². The maximum atomic E-state index is 12.0. The number of rotatable bonds is 1. The van der Waals surface area contributed by atoms with Gasteiger partial charge in [0.15, 0.2) is 0 Å². The first-order valence-electron chi connectivity index (χ1n) is 3.35. The summed E-state index contributed by atoms with van der Waals surface area (Å²) in [7, 11) is 0. The van der Waals surface area contributed by atoms with Gasteiger partial charge in [-0.25, -0.2) is 0 Å². The Morgan fingerprint density at radius 2 is 1.58 bits per heavy atom. The van der Waals surface area contributed by atoms with E-state index in [1.807, 2.05) is 0 Å². The van der Waals surface area contributed by atoms with Crippen molar-refractivity contribution in [1.29, 1.82) is 0 Å². The second-order valence-electron chi connectivity index (χ2n) is 2.37. The van der Waals surface area contributed by atoms with Crippen molar-refractivity contribution in [2.45, 2.75) is 12.6 Å². The zero-order valence-electron chi connectivity index (χ0n) is 6.15. The SMILES string of the molecule is [C]Cc1ccc(C(F)(F)F)cc1. The third-order valence-corrected chi connectivity index (χ3v) is 1.49. The first-order chi connectivity index (χ1) is 5.54. The lowest BCUT2D eigenvalue weighted by molar-refractivity contribution is -0.137. The van der Waals surface area contributed by atoms with Crippen molar-refractivity contribution in [1.82, 2.24) is 0 Å². The molecule has 0 saturated heterocycles. The van der Waals surface area contributed by atoms with Crippen molar-refractivity contribution >= 4 is 0 Å². The van der Waals surface area contributed by atoms with Gasteiger partial charge in [0.1, 0.15) is 0 Å². The molecule has 0 amide bonds. The van der Waals surface area contributed by atoms with Gasteiger partial charge in [-0.15, -0.1) is 0 Å². The third kappa shape index (κ3) is 2.00. The van der Waals surface area contributed by atoms with Crippen LogP contribution in [0.5, 0.6) is 0 Å². The molecule has 0 saturated carbocycles. The van der Waals surface area contributed by atoms with Crippen LogP contribution in [-0.2, 0) is 12.6 Å². The third-order valence-electron chi connectivity index (χ3n) is 1.49. The van der Waals surface area contributed by atoms with Crippen LogP contribution < -0.4 is 0 Å². The fourth-order valence-corrected chi connectivity index (χ4v) is 0.812. The quantitative estimate of drug-likeness (QED) is 0.609. The van der Waals surface area contributed by atoms with E-state index in [-0.39, 0.29) is 6.42 Å². The van der Waals surface area contributed by atoms with E-state index in [1.54, 1.807) is 0 Å². The van der Waals surface area contributed by atoms with E-state index in [0.29, 0.717) is 5.56 Å². The van der Waals surface area contributed by atoms with Crippen LogP contribution in [-0.4, -0.2) is 0 Å². The van der Waals surface area contributed by atoms with Crippen LogP contribution in [0.3, 0.4) is 0 Å². The average Bonchev–Trinajstić information content (AvgIpc) is 2.03. The van der Waals surface area contributed by atoms with Crippen LogP contribution in [0.25, 0.3) is 0 Å². The lowest BCUT2D eigenvalue weighted by atomic mass is 10.1. The summed E-state index contributed by atoms with van der Waals surface area (Å²) in [5, 5.41) is 0. The second kappa shape index (κ2) is 3.17. The maximum Gasteiger partial charge on any atom is 0.416 e. The van der Waals surface area contributed by atoms with Crippen molar-refractivity contribution in [3.8, 4) is 0 Å². The number of halogens is 3. The Morgan fingerprint density at radius 1 is 1.08 bits per heavy atom. The fourth-order valence-electron chi connectivity index (χ4n) is 0.812. The molecule has 3 radical (unpaired) electrons. The van der Waals surface area contributed by atoms with Crippen LogP contribution in [0.1, 0.15) is 11.1 Å². The molecule has 1 rings (SSSR count). The zero-order chi connectivity index (χ0) is 9.19. The summed E-state index contributed by atoms with van der Waals surface area (Å²) in [6.45, 7) is 6.89.